The summed E-state index contributed by atoms with van der Waals surface area (Å²) in [6.45, 7) is 0. The second-order valence-electron chi connectivity index (χ2n) is 9.07. The van der Waals surface area contributed by atoms with Crippen LogP contribution in [0.25, 0.3) is 16.7 Å². The number of benzene rings is 1. The van der Waals surface area contributed by atoms with Crippen LogP contribution < -0.4 is 0 Å². The van der Waals surface area contributed by atoms with Gasteiger partial charge in [0.2, 0.25) is 11.9 Å². The third-order valence-electron chi connectivity index (χ3n) is 6.42. The number of alkyl halides is 6. The average molecular weight is 677 g/mol. The Morgan fingerprint density at radius 1 is 0.542 bits per heavy atom. The van der Waals surface area contributed by atoms with E-state index in [1.807, 2.05) is 0 Å². The minimum absolute atomic E-state index is 0.206. The van der Waals surface area contributed by atoms with Gasteiger partial charge in [0.15, 0.2) is 34.7 Å². The molecule has 0 N–H and O–H groups in total. The summed E-state index contributed by atoms with van der Waals surface area (Å²) < 4.78 is 169. The zero-order valence-electron chi connectivity index (χ0n) is 22.4. The predicted molar refractivity (Wildman–Crippen MR) is 132 cm³/mol. The molecule has 2 heterocycles. The minimum Gasteiger partial charge on any atom is -0.209 e. The zero-order valence-corrected chi connectivity index (χ0v) is 22.4. The fraction of sp³-hybridized carbons (Fsp3) is 0.0690. The van der Waals surface area contributed by atoms with Crippen LogP contribution in [0.2, 0.25) is 0 Å². The SMILES string of the molecule is N#CC(=C1C(=C(/C#N)c2c(F)c(F)nc(C(F)(F)F)c2F)/C1=C(/C#N)c1c(F)c(F)nc(C(F)(F)F)c1F)c1ccc(C#N)cc1C#N. The first-order valence-corrected chi connectivity index (χ1v) is 12.0. The Balaban J connectivity index is 2.33. The van der Waals surface area contributed by atoms with Crippen molar-refractivity contribution in [1.29, 1.82) is 26.3 Å². The molecule has 0 amide bonds. The summed E-state index contributed by atoms with van der Waals surface area (Å²) >= 11 is 0. The molecule has 1 aliphatic rings. The van der Waals surface area contributed by atoms with Gasteiger partial charge in [0.25, 0.3) is 0 Å². The summed E-state index contributed by atoms with van der Waals surface area (Å²) in [5.41, 5.74) is -18.9. The van der Waals surface area contributed by atoms with E-state index < -0.39 is 115 Å². The Bertz CT molecular complexity index is 2170. The second-order valence-corrected chi connectivity index (χ2v) is 9.07. The highest BCUT2D eigenvalue weighted by Gasteiger charge is 2.47. The fourth-order valence-electron chi connectivity index (χ4n) is 4.43. The molecule has 0 unspecified atom stereocenters. The van der Waals surface area contributed by atoms with E-state index in [1.54, 1.807) is 12.1 Å². The van der Waals surface area contributed by atoms with E-state index in [1.165, 1.54) is 6.07 Å². The van der Waals surface area contributed by atoms with E-state index in [0.717, 1.165) is 30.3 Å². The number of pyridine rings is 2. The van der Waals surface area contributed by atoms with E-state index >= 15 is 8.78 Å². The molecule has 0 bridgehead atoms. The van der Waals surface area contributed by atoms with Crippen LogP contribution in [0.3, 0.4) is 0 Å². The second kappa shape index (κ2) is 11.9. The van der Waals surface area contributed by atoms with E-state index in [9.17, 15) is 65.0 Å². The molecule has 0 atom stereocenters. The summed E-state index contributed by atoms with van der Waals surface area (Å²) in [5, 5.41) is 48.4. The average Bonchev–Trinajstić information content (AvgIpc) is 3.73. The molecule has 48 heavy (non-hydrogen) atoms. The van der Waals surface area contributed by atoms with Crippen molar-refractivity contribution in [2.75, 3.05) is 0 Å². The van der Waals surface area contributed by atoms with Crippen molar-refractivity contribution in [3.05, 3.63) is 109 Å². The molecular weight excluding hydrogens is 674 g/mol. The van der Waals surface area contributed by atoms with Crippen molar-refractivity contribution in [3.63, 3.8) is 0 Å². The monoisotopic (exact) mass is 677 g/mol. The van der Waals surface area contributed by atoms with Gasteiger partial charge in [-0.3, -0.25) is 0 Å². The number of nitriles is 5. The van der Waals surface area contributed by atoms with Crippen molar-refractivity contribution < 1.29 is 52.7 Å². The van der Waals surface area contributed by atoms with Gasteiger partial charge in [0, 0.05) is 22.3 Å². The Labute approximate surface area is 258 Å². The Morgan fingerprint density at radius 3 is 1.27 bits per heavy atom. The molecule has 1 aliphatic carbocycles. The molecule has 7 nitrogen and oxygen atoms in total. The first kappa shape index (κ1) is 34.2. The van der Waals surface area contributed by atoms with Crippen molar-refractivity contribution in [3.8, 4) is 30.3 Å². The van der Waals surface area contributed by atoms with Crippen LogP contribution in [-0.4, -0.2) is 9.97 Å². The Morgan fingerprint density at radius 2 is 0.938 bits per heavy atom. The van der Waals surface area contributed by atoms with E-state index in [4.69, 9.17) is 5.26 Å². The van der Waals surface area contributed by atoms with Crippen LogP contribution in [0.5, 0.6) is 0 Å². The smallest absolute Gasteiger partial charge is 0.209 e. The standard InChI is InChI=1S/C29H3F12N7/c30-20-18(22(32)26(34)47-24(20)28(36,37)38)13(7-45)16-15(12(6-44)11-2-1-9(4-42)3-10(11)5-43)17(16)14(8-46)19-21(31)25(29(39,40)41)48-27(35)23(19)33/h1-3H/b15-12?,16-13-,17-14+. The topological polar surface area (TPSA) is 145 Å². The maximum atomic E-state index is 15.2. The van der Waals surface area contributed by atoms with Crippen molar-refractivity contribution in [2.45, 2.75) is 12.4 Å². The van der Waals surface area contributed by atoms with Crippen molar-refractivity contribution in [2.24, 2.45) is 0 Å². The molecule has 2 aromatic heterocycles. The number of hydrogen-bond donors (Lipinski definition) is 0. The molecule has 238 valence electrons. The van der Waals surface area contributed by atoms with Crippen molar-refractivity contribution in [1.82, 2.24) is 9.97 Å². The molecule has 19 heteroatoms. The van der Waals surface area contributed by atoms with Gasteiger partial charge >= 0.3 is 12.4 Å². The molecule has 1 saturated carbocycles. The van der Waals surface area contributed by atoms with Crippen LogP contribution >= 0.6 is 0 Å². The highest BCUT2D eigenvalue weighted by atomic mass is 19.4. The van der Waals surface area contributed by atoms with Crippen LogP contribution in [0.15, 0.2) is 34.9 Å². The van der Waals surface area contributed by atoms with Gasteiger partial charge in [-0.2, -0.15) is 61.4 Å². The predicted octanol–water partition coefficient (Wildman–Crippen LogP) is 7.34. The number of halogens is 12. The molecule has 0 aliphatic heterocycles. The fourth-order valence-corrected chi connectivity index (χ4v) is 4.43. The van der Waals surface area contributed by atoms with Crippen LogP contribution in [0.4, 0.5) is 52.7 Å². The first-order valence-electron chi connectivity index (χ1n) is 12.0. The van der Waals surface area contributed by atoms with Crippen LogP contribution in [-0.2, 0) is 12.4 Å². The number of allylic oxidation sites excluding steroid dienone is 6. The summed E-state index contributed by atoms with van der Waals surface area (Å²) in [4.78, 5) is 4.24. The van der Waals surface area contributed by atoms with E-state index in [2.05, 4.69) is 9.97 Å². The third-order valence-corrected chi connectivity index (χ3v) is 6.42. The summed E-state index contributed by atoms with van der Waals surface area (Å²) in [7, 11) is 0. The van der Waals surface area contributed by atoms with Gasteiger partial charge in [0.1, 0.15) is 18.2 Å². The van der Waals surface area contributed by atoms with Crippen molar-refractivity contribution >= 4 is 16.7 Å². The number of hydrogen-bond acceptors (Lipinski definition) is 7. The van der Waals surface area contributed by atoms with Crippen LogP contribution in [0, 0.1) is 91.8 Å². The normalized spacial score (nSPS) is 15.7. The van der Waals surface area contributed by atoms with Gasteiger partial charge in [-0.15, -0.1) is 0 Å². The van der Waals surface area contributed by atoms with Crippen LogP contribution in [0.1, 0.15) is 39.2 Å². The third kappa shape index (κ3) is 5.52. The quantitative estimate of drug-likeness (QED) is 0.160. The lowest BCUT2D eigenvalue weighted by molar-refractivity contribution is -0.145. The summed E-state index contributed by atoms with van der Waals surface area (Å²) in [6.07, 6.45) is -11.7. The lowest BCUT2D eigenvalue weighted by Crippen LogP contribution is -2.16. The molecular formula is C29H3F12N7. The highest BCUT2D eigenvalue weighted by Crippen LogP contribution is 2.57. The lowest BCUT2D eigenvalue weighted by atomic mass is 9.97. The molecule has 4 rings (SSSR count). The number of nitrogens with zero attached hydrogens (tertiary/aromatic N) is 7. The molecule has 0 radical (unpaired) electrons. The maximum absolute atomic E-state index is 15.2. The molecule has 1 aromatic carbocycles. The van der Waals surface area contributed by atoms with Gasteiger partial charge in [-0.25, -0.2) is 27.5 Å². The van der Waals surface area contributed by atoms with Gasteiger partial charge < -0.3 is 0 Å². The van der Waals surface area contributed by atoms with Gasteiger partial charge in [0.05, 0.1) is 51.1 Å². The number of rotatable bonds is 3. The molecule has 1 fully saturated rings. The maximum Gasteiger partial charge on any atom is 0.436 e. The molecule has 0 spiro atoms. The van der Waals surface area contributed by atoms with Gasteiger partial charge in [-0.1, -0.05) is 6.07 Å². The summed E-state index contributed by atoms with van der Waals surface area (Å²) in [5.74, 6) is -15.9. The lowest BCUT2D eigenvalue weighted by Gasteiger charge is -2.11. The summed E-state index contributed by atoms with van der Waals surface area (Å²) in [6, 6.07) is 9.29. The minimum atomic E-state index is -5.84. The Kier molecular flexibility index (Phi) is 8.51. The van der Waals surface area contributed by atoms with E-state index in [0.29, 0.717) is 0 Å². The molecule has 3 aromatic rings. The zero-order chi connectivity index (χ0) is 36.0. The highest BCUT2D eigenvalue weighted by molar-refractivity contribution is 6.12. The Hall–Kier alpha value is -6.65. The first-order chi connectivity index (χ1) is 22.4. The van der Waals surface area contributed by atoms with E-state index in [-0.39, 0.29) is 5.56 Å². The largest absolute Gasteiger partial charge is 0.436 e. The molecule has 0 saturated heterocycles. The number of aromatic nitrogens is 2. The van der Waals surface area contributed by atoms with Gasteiger partial charge in [-0.05, 0) is 12.1 Å².